The van der Waals surface area contributed by atoms with Crippen molar-refractivity contribution in [2.45, 2.75) is 0 Å². The van der Waals surface area contributed by atoms with Gasteiger partial charge < -0.3 is 24.4 Å². The number of benzene rings is 2. The molecule has 2 rings (SSSR count). The molecule has 23 heavy (non-hydrogen) atoms. The van der Waals surface area contributed by atoms with Gasteiger partial charge in [-0.25, -0.2) is 9.59 Å². The normalized spacial score (nSPS) is 9.96. The highest BCUT2D eigenvalue weighted by Gasteiger charge is 2.16. The first kappa shape index (κ1) is 16.2. The molecule has 120 valence electrons. The summed E-state index contributed by atoms with van der Waals surface area (Å²) in [6.45, 7) is -0.655. The van der Waals surface area contributed by atoms with E-state index in [2.05, 4.69) is 0 Å². The lowest BCUT2D eigenvalue weighted by Gasteiger charge is -2.09. The quantitative estimate of drug-likeness (QED) is 0.642. The van der Waals surface area contributed by atoms with E-state index in [0.29, 0.717) is 5.75 Å². The van der Waals surface area contributed by atoms with Gasteiger partial charge in [-0.2, -0.15) is 0 Å². The molecule has 0 saturated heterocycles. The van der Waals surface area contributed by atoms with Crippen molar-refractivity contribution >= 4 is 11.9 Å². The molecule has 0 aliphatic carbocycles. The molecule has 0 aromatic heterocycles. The summed E-state index contributed by atoms with van der Waals surface area (Å²) in [4.78, 5) is 23.5. The van der Waals surface area contributed by atoms with Crippen LogP contribution in [0.5, 0.6) is 17.2 Å². The highest BCUT2D eigenvalue weighted by atomic mass is 16.7. The van der Waals surface area contributed by atoms with Crippen molar-refractivity contribution in [1.29, 1.82) is 0 Å². The van der Waals surface area contributed by atoms with Gasteiger partial charge >= 0.3 is 11.9 Å². The fraction of sp³-hybridized carbons (Fsp3) is 0.125. The molecule has 0 bridgehead atoms. The van der Waals surface area contributed by atoms with Crippen LogP contribution in [0, 0.1) is 0 Å². The SMILES string of the molecule is COc1ccc(C(=O)OCOC(=O)c2ccccc2O)c(O)c1. The molecule has 0 unspecified atom stereocenters. The van der Waals surface area contributed by atoms with Gasteiger partial charge in [0.25, 0.3) is 0 Å². The number of aromatic hydroxyl groups is 2. The number of hydrogen-bond acceptors (Lipinski definition) is 7. The van der Waals surface area contributed by atoms with Gasteiger partial charge in [-0.05, 0) is 24.3 Å². The molecule has 0 amide bonds. The molecule has 0 aliphatic rings. The molecule has 0 atom stereocenters. The van der Waals surface area contributed by atoms with Gasteiger partial charge in [-0.15, -0.1) is 0 Å². The third kappa shape index (κ3) is 3.91. The van der Waals surface area contributed by atoms with E-state index >= 15 is 0 Å². The van der Waals surface area contributed by atoms with Crippen LogP contribution in [0.15, 0.2) is 42.5 Å². The maximum Gasteiger partial charge on any atom is 0.344 e. The Labute approximate surface area is 131 Å². The number of rotatable bonds is 5. The number of phenols is 2. The molecular weight excluding hydrogens is 304 g/mol. The van der Waals surface area contributed by atoms with Crippen LogP contribution in [0.3, 0.4) is 0 Å². The minimum atomic E-state index is -0.866. The van der Waals surface area contributed by atoms with Gasteiger partial charge in [0.05, 0.1) is 7.11 Å². The van der Waals surface area contributed by atoms with Crippen molar-refractivity contribution in [3.8, 4) is 17.2 Å². The minimum absolute atomic E-state index is 0.0455. The first-order valence-corrected chi connectivity index (χ1v) is 6.52. The molecule has 2 N–H and O–H groups in total. The Morgan fingerprint density at radius 1 is 0.913 bits per heavy atom. The number of phenolic OH excluding ortho intramolecular Hbond substituents is 2. The van der Waals surface area contributed by atoms with Crippen LogP contribution in [-0.2, 0) is 9.47 Å². The van der Waals surface area contributed by atoms with Crippen LogP contribution >= 0.6 is 0 Å². The second kappa shape index (κ2) is 7.17. The minimum Gasteiger partial charge on any atom is -0.507 e. The summed E-state index contributed by atoms with van der Waals surface area (Å²) in [5, 5.41) is 19.2. The molecule has 2 aromatic carbocycles. The van der Waals surface area contributed by atoms with Crippen molar-refractivity contribution in [3.05, 3.63) is 53.6 Å². The first-order chi connectivity index (χ1) is 11.0. The second-order valence-electron chi connectivity index (χ2n) is 4.38. The average molecular weight is 318 g/mol. The zero-order valence-electron chi connectivity index (χ0n) is 12.2. The smallest absolute Gasteiger partial charge is 0.344 e. The van der Waals surface area contributed by atoms with E-state index in [-0.39, 0.29) is 22.6 Å². The summed E-state index contributed by atoms with van der Waals surface area (Å²) in [6, 6.07) is 9.86. The summed E-state index contributed by atoms with van der Waals surface area (Å²) in [6.07, 6.45) is 0. The summed E-state index contributed by atoms with van der Waals surface area (Å²) in [5.41, 5.74) is -0.139. The van der Waals surface area contributed by atoms with Gasteiger partial charge in [0.2, 0.25) is 6.79 Å². The van der Waals surface area contributed by atoms with Crippen molar-refractivity contribution in [2.75, 3.05) is 13.9 Å². The number of esters is 2. The largest absolute Gasteiger partial charge is 0.507 e. The van der Waals surface area contributed by atoms with Crippen molar-refractivity contribution < 1.29 is 34.0 Å². The van der Waals surface area contributed by atoms with E-state index in [9.17, 15) is 19.8 Å². The Morgan fingerprint density at radius 2 is 1.52 bits per heavy atom. The van der Waals surface area contributed by atoms with Gasteiger partial charge in [0, 0.05) is 6.07 Å². The Hall–Kier alpha value is -3.22. The van der Waals surface area contributed by atoms with Crippen molar-refractivity contribution in [2.24, 2.45) is 0 Å². The highest BCUT2D eigenvalue weighted by Crippen LogP contribution is 2.24. The van der Waals surface area contributed by atoms with E-state index in [4.69, 9.17) is 14.2 Å². The number of para-hydroxylation sites is 1. The van der Waals surface area contributed by atoms with E-state index in [1.165, 1.54) is 37.4 Å². The molecule has 0 aliphatic heterocycles. The van der Waals surface area contributed by atoms with Crippen LogP contribution in [0.25, 0.3) is 0 Å². The summed E-state index contributed by atoms with van der Waals surface area (Å²) in [5.74, 6) is -1.88. The van der Waals surface area contributed by atoms with Crippen LogP contribution in [0.1, 0.15) is 20.7 Å². The monoisotopic (exact) mass is 318 g/mol. The molecule has 0 fully saturated rings. The van der Waals surface area contributed by atoms with Gasteiger partial charge in [-0.1, -0.05) is 12.1 Å². The number of hydrogen-bond donors (Lipinski definition) is 2. The van der Waals surface area contributed by atoms with Crippen LogP contribution in [0.2, 0.25) is 0 Å². The van der Waals surface area contributed by atoms with Crippen LogP contribution in [-0.4, -0.2) is 36.1 Å². The molecule has 0 radical (unpaired) electrons. The van der Waals surface area contributed by atoms with Crippen molar-refractivity contribution in [3.63, 3.8) is 0 Å². The fourth-order valence-corrected chi connectivity index (χ4v) is 1.75. The third-order valence-corrected chi connectivity index (χ3v) is 2.93. The van der Waals surface area contributed by atoms with E-state index in [1.54, 1.807) is 12.1 Å². The summed E-state index contributed by atoms with van der Waals surface area (Å²) < 4.78 is 14.4. The van der Waals surface area contributed by atoms with Crippen molar-refractivity contribution in [1.82, 2.24) is 0 Å². The second-order valence-corrected chi connectivity index (χ2v) is 4.38. The Balaban J connectivity index is 1.92. The zero-order chi connectivity index (χ0) is 16.8. The van der Waals surface area contributed by atoms with E-state index < -0.39 is 18.7 Å². The third-order valence-electron chi connectivity index (χ3n) is 2.93. The molecule has 0 saturated carbocycles. The lowest BCUT2D eigenvalue weighted by atomic mass is 10.2. The molecule has 0 spiro atoms. The lowest BCUT2D eigenvalue weighted by Crippen LogP contribution is -2.13. The van der Waals surface area contributed by atoms with Gasteiger partial charge in [0.1, 0.15) is 28.4 Å². The lowest BCUT2D eigenvalue weighted by molar-refractivity contribution is -0.0169. The average Bonchev–Trinajstić information content (AvgIpc) is 2.54. The highest BCUT2D eigenvalue weighted by molar-refractivity contribution is 5.93. The molecule has 7 nitrogen and oxygen atoms in total. The summed E-state index contributed by atoms with van der Waals surface area (Å²) >= 11 is 0. The van der Waals surface area contributed by atoms with E-state index in [1.807, 2.05) is 0 Å². The van der Waals surface area contributed by atoms with Gasteiger partial charge in [0.15, 0.2) is 0 Å². The summed E-state index contributed by atoms with van der Waals surface area (Å²) in [7, 11) is 1.42. The Bertz CT molecular complexity index is 724. The first-order valence-electron chi connectivity index (χ1n) is 6.52. The molecule has 0 heterocycles. The molecule has 7 heteroatoms. The Morgan fingerprint density at radius 3 is 2.09 bits per heavy atom. The molecular formula is C16H14O7. The Kier molecular flexibility index (Phi) is 5.03. The molecule has 2 aromatic rings. The van der Waals surface area contributed by atoms with Crippen LogP contribution in [0.4, 0.5) is 0 Å². The predicted octanol–water partition coefficient (Wildman–Crippen LogP) is 2.08. The number of carbonyl (C=O) groups excluding carboxylic acids is 2. The number of carbonyl (C=O) groups is 2. The maximum absolute atomic E-state index is 11.8. The standard InChI is InChI=1S/C16H14O7/c1-21-10-6-7-12(14(18)8-10)16(20)23-9-22-15(19)11-4-2-3-5-13(11)17/h2-8,17-18H,9H2,1H3. The number of ether oxygens (including phenoxy) is 3. The zero-order valence-corrected chi connectivity index (χ0v) is 12.2. The maximum atomic E-state index is 11.8. The van der Waals surface area contributed by atoms with Gasteiger partial charge in [-0.3, -0.25) is 0 Å². The van der Waals surface area contributed by atoms with Crippen LogP contribution < -0.4 is 4.74 Å². The predicted molar refractivity (Wildman–Crippen MR) is 78.5 cm³/mol. The topological polar surface area (TPSA) is 102 Å². The fourth-order valence-electron chi connectivity index (χ4n) is 1.75. The number of methoxy groups -OCH3 is 1. The van der Waals surface area contributed by atoms with E-state index in [0.717, 1.165) is 0 Å².